The van der Waals surface area contributed by atoms with Gasteiger partial charge in [-0.15, -0.1) is 11.3 Å². The molecular weight excluding hydrogens is 334 g/mol. The zero-order valence-electron chi connectivity index (χ0n) is 14.0. The van der Waals surface area contributed by atoms with Gasteiger partial charge in [-0.05, 0) is 48.4 Å². The van der Waals surface area contributed by atoms with Crippen molar-refractivity contribution in [2.45, 2.75) is 32.6 Å². The molecule has 0 bridgehead atoms. The van der Waals surface area contributed by atoms with Crippen molar-refractivity contribution in [3.8, 4) is 0 Å². The summed E-state index contributed by atoms with van der Waals surface area (Å²) in [6.45, 7) is 2.30. The molecule has 0 saturated heterocycles. The molecule has 1 unspecified atom stereocenters. The molecule has 1 aromatic carbocycles. The van der Waals surface area contributed by atoms with Crippen molar-refractivity contribution in [3.63, 3.8) is 0 Å². The van der Waals surface area contributed by atoms with E-state index in [0.717, 1.165) is 46.0 Å². The number of carbonyl (C=O) groups is 1. The summed E-state index contributed by atoms with van der Waals surface area (Å²) in [4.78, 5) is 22.2. The minimum Gasteiger partial charge on any atom is -0.481 e. The van der Waals surface area contributed by atoms with Crippen LogP contribution in [0.1, 0.15) is 29.3 Å². The molecule has 3 aromatic rings. The first-order valence-corrected chi connectivity index (χ1v) is 9.25. The quantitative estimate of drug-likeness (QED) is 0.736. The predicted molar refractivity (Wildman–Crippen MR) is 99.7 cm³/mol. The van der Waals surface area contributed by atoms with Crippen LogP contribution in [0.15, 0.2) is 30.6 Å². The Morgan fingerprint density at radius 2 is 2.12 bits per heavy atom. The van der Waals surface area contributed by atoms with Crippen molar-refractivity contribution < 1.29 is 9.90 Å². The number of fused-ring (bicyclic) bond motifs is 3. The lowest BCUT2D eigenvalue weighted by Gasteiger charge is -2.18. The van der Waals surface area contributed by atoms with Gasteiger partial charge in [-0.1, -0.05) is 19.1 Å². The summed E-state index contributed by atoms with van der Waals surface area (Å²) in [7, 11) is 0. The Balaban J connectivity index is 1.66. The molecule has 0 radical (unpaired) electrons. The topological polar surface area (TPSA) is 75.1 Å². The van der Waals surface area contributed by atoms with Crippen LogP contribution in [0.3, 0.4) is 0 Å². The second-order valence-corrected chi connectivity index (χ2v) is 7.73. The number of carboxylic acids is 1. The maximum atomic E-state index is 10.8. The fourth-order valence-electron chi connectivity index (χ4n) is 3.39. The van der Waals surface area contributed by atoms with Crippen LogP contribution < -0.4 is 5.32 Å². The molecule has 6 heteroatoms. The first-order chi connectivity index (χ1) is 12.1. The van der Waals surface area contributed by atoms with Crippen molar-refractivity contribution in [3.05, 3.63) is 46.6 Å². The van der Waals surface area contributed by atoms with Gasteiger partial charge < -0.3 is 10.4 Å². The van der Waals surface area contributed by atoms with Gasteiger partial charge >= 0.3 is 5.97 Å². The SMILES string of the molecule is CC1CCc2c(sc3ncnc(Nc4ccc(CC(=O)O)cc4)c23)C1. The Morgan fingerprint density at radius 3 is 2.88 bits per heavy atom. The lowest BCUT2D eigenvalue weighted by molar-refractivity contribution is -0.136. The van der Waals surface area contributed by atoms with Crippen molar-refractivity contribution in [2.24, 2.45) is 5.92 Å². The van der Waals surface area contributed by atoms with E-state index in [4.69, 9.17) is 5.11 Å². The van der Waals surface area contributed by atoms with Crippen LogP contribution in [0.4, 0.5) is 11.5 Å². The number of carboxylic acid groups (broad SMARTS) is 1. The molecule has 0 fully saturated rings. The van der Waals surface area contributed by atoms with Crippen LogP contribution >= 0.6 is 11.3 Å². The van der Waals surface area contributed by atoms with Gasteiger partial charge in [0.25, 0.3) is 0 Å². The maximum Gasteiger partial charge on any atom is 0.307 e. The largest absolute Gasteiger partial charge is 0.481 e. The summed E-state index contributed by atoms with van der Waals surface area (Å²) in [6.07, 6.45) is 5.05. The fraction of sp³-hybridized carbons (Fsp3) is 0.316. The molecule has 1 atom stereocenters. The minimum absolute atomic E-state index is 0.0360. The first kappa shape index (κ1) is 16.0. The molecule has 0 spiro atoms. The van der Waals surface area contributed by atoms with Crippen molar-refractivity contribution in [2.75, 3.05) is 5.32 Å². The van der Waals surface area contributed by atoms with Gasteiger partial charge in [0.2, 0.25) is 0 Å². The van der Waals surface area contributed by atoms with E-state index in [2.05, 4.69) is 22.2 Å². The normalized spacial score (nSPS) is 16.6. The van der Waals surface area contributed by atoms with E-state index >= 15 is 0 Å². The Morgan fingerprint density at radius 1 is 1.32 bits per heavy atom. The molecule has 4 rings (SSSR count). The second kappa shape index (κ2) is 6.44. The minimum atomic E-state index is -0.822. The smallest absolute Gasteiger partial charge is 0.307 e. The average Bonchev–Trinajstić information content (AvgIpc) is 2.94. The molecule has 2 N–H and O–H groups in total. The first-order valence-electron chi connectivity index (χ1n) is 8.43. The third kappa shape index (κ3) is 3.22. The van der Waals surface area contributed by atoms with Gasteiger partial charge in [0, 0.05) is 10.6 Å². The molecule has 128 valence electrons. The Labute approximate surface area is 149 Å². The van der Waals surface area contributed by atoms with Gasteiger partial charge in [-0.2, -0.15) is 0 Å². The highest BCUT2D eigenvalue weighted by Gasteiger charge is 2.23. The van der Waals surface area contributed by atoms with Crippen LogP contribution in [-0.4, -0.2) is 21.0 Å². The summed E-state index contributed by atoms with van der Waals surface area (Å²) in [5, 5.41) is 13.4. The van der Waals surface area contributed by atoms with E-state index in [0.29, 0.717) is 0 Å². The number of aryl methyl sites for hydroxylation is 1. The maximum absolute atomic E-state index is 10.8. The van der Waals surface area contributed by atoms with Crippen molar-refractivity contribution in [1.82, 2.24) is 9.97 Å². The molecule has 2 aromatic heterocycles. The van der Waals surface area contributed by atoms with Gasteiger partial charge in [0.15, 0.2) is 0 Å². The molecular formula is C19H19N3O2S. The lowest BCUT2D eigenvalue weighted by atomic mass is 9.89. The third-order valence-electron chi connectivity index (χ3n) is 4.66. The number of aliphatic carboxylic acids is 1. The molecule has 1 aliphatic rings. The van der Waals surface area contributed by atoms with Crippen LogP contribution in [0.5, 0.6) is 0 Å². The molecule has 25 heavy (non-hydrogen) atoms. The van der Waals surface area contributed by atoms with Gasteiger partial charge in [-0.3, -0.25) is 4.79 Å². The summed E-state index contributed by atoms with van der Waals surface area (Å²) >= 11 is 1.78. The number of aromatic nitrogens is 2. The lowest BCUT2D eigenvalue weighted by Crippen LogP contribution is -2.09. The van der Waals surface area contributed by atoms with Crippen molar-refractivity contribution in [1.29, 1.82) is 0 Å². The number of anilines is 2. The Kier molecular flexibility index (Phi) is 4.13. The van der Waals surface area contributed by atoms with Crippen LogP contribution in [-0.2, 0) is 24.1 Å². The van der Waals surface area contributed by atoms with Gasteiger partial charge in [-0.25, -0.2) is 9.97 Å². The number of nitrogens with one attached hydrogen (secondary N) is 1. The zero-order valence-corrected chi connectivity index (χ0v) is 14.8. The number of benzene rings is 1. The van der Waals surface area contributed by atoms with E-state index in [-0.39, 0.29) is 6.42 Å². The number of nitrogens with zero attached hydrogens (tertiary/aromatic N) is 2. The highest BCUT2D eigenvalue weighted by Crippen LogP contribution is 2.40. The highest BCUT2D eigenvalue weighted by atomic mass is 32.1. The third-order valence-corrected chi connectivity index (χ3v) is 5.83. The fourth-order valence-corrected chi connectivity index (χ4v) is 4.74. The van der Waals surface area contributed by atoms with E-state index in [9.17, 15) is 4.79 Å². The molecule has 0 aliphatic heterocycles. The summed E-state index contributed by atoms with van der Waals surface area (Å²) in [6, 6.07) is 7.46. The Hall–Kier alpha value is -2.47. The number of rotatable bonds is 4. The van der Waals surface area contributed by atoms with Gasteiger partial charge in [0.05, 0.1) is 11.8 Å². The summed E-state index contributed by atoms with van der Waals surface area (Å²) in [5.74, 6) is 0.743. The van der Waals surface area contributed by atoms with Crippen molar-refractivity contribution >= 4 is 39.0 Å². The molecule has 1 aliphatic carbocycles. The van der Waals surface area contributed by atoms with Crippen LogP contribution in [0, 0.1) is 5.92 Å². The molecule has 2 heterocycles. The van der Waals surface area contributed by atoms with E-state index in [1.165, 1.54) is 16.9 Å². The number of thiophene rings is 1. The predicted octanol–water partition coefficient (Wildman–Crippen LogP) is 4.19. The van der Waals surface area contributed by atoms with E-state index < -0.39 is 5.97 Å². The summed E-state index contributed by atoms with van der Waals surface area (Å²) in [5.41, 5.74) is 3.08. The molecule has 0 amide bonds. The van der Waals surface area contributed by atoms with Crippen LogP contribution in [0.25, 0.3) is 10.2 Å². The van der Waals surface area contributed by atoms with E-state index in [1.807, 2.05) is 24.3 Å². The summed E-state index contributed by atoms with van der Waals surface area (Å²) < 4.78 is 0. The van der Waals surface area contributed by atoms with Crippen LogP contribution in [0.2, 0.25) is 0 Å². The number of hydrogen-bond donors (Lipinski definition) is 2. The second-order valence-electron chi connectivity index (χ2n) is 6.65. The molecule has 0 saturated carbocycles. The van der Waals surface area contributed by atoms with E-state index in [1.54, 1.807) is 17.7 Å². The Bertz CT molecular complexity index is 934. The highest BCUT2D eigenvalue weighted by molar-refractivity contribution is 7.19. The monoisotopic (exact) mass is 353 g/mol. The molecule has 5 nitrogen and oxygen atoms in total. The zero-order chi connectivity index (χ0) is 17.4. The number of hydrogen-bond acceptors (Lipinski definition) is 5. The standard InChI is InChI=1S/C19H19N3O2S/c1-11-2-7-14-15(8-11)25-19-17(14)18(20-10-21-19)22-13-5-3-12(4-6-13)9-16(23)24/h3-6,10-11H,2,7-9H2,1H3,(H,23,24)(H,20,21,22). The van der Waals surface area contributed by atoms with Gasteiger partial charge in [0.1, 0.15) is 17.0 Å². The average molecular weight is 353 g/mol.